The molecule has 6 nitrogen and oxygen atoms in total. The van der Waals surface area contributed by atoms with Gasteiger partial charge in [0, 0.05) is 5.54 Å². The minimum Gasteiger partial charge on any atom is -0.465 e. The molecule has 21 heavy (non-hydrogen) atoms. The molecule has 0 aromatic heterocycles. The summed E-state index contributed by atoms with van der Waals surface area (Å²) in [4.78, 5) is 22.0. The second-order valence-corrected chi connectivity index (χ2v) is 5.21. The fourth-order valence-electron chi connectivity index (χ4n) is 2.54. The van der Waals surface area contributed by atoms with E-state index in [-0.39, 0.29) is 22.5 Å². The van der Waals surface area contributed by atoms with Crippen LogP contribution in [0, 0.1) is 15.9 Å². The lowest BCUT2D eigenvalue weighted by atomic mass is 9.74. The summed E-state index contributed by atoms with van der Waals surface area (Å²) in [6.07, 6.45) is 3.63. The van der Waals surface area contributed by atoms with Gasteiger partial charge in [-0.1, -0.05) is 6.92 Å². The molecule has 1 aliphatic carbocycles. The average Bonchev–Trinajstić information content (AvgIpc) is 2.42. The number of nitro benzene ring substituents is 1. The number of esters is 1. The van der Waals surface area contributed by atoms with E-state index in [0.29, 0.717) is 0 Å². The van der Waals surface area contributed by atoms with Crippen LogP contribution in [0.5, 0.6) is 0 Å². The molecule has 0 heterocycles. The number of halogens is 1. The minimum atomic E-state index is -0.960. The Kier molecular flexibility index (Phi) is 4.11. The first-order valence-electron chi connectivity index (χ1n) is 6.77. The van der Waals surface area contributed by atoms with Gasteiger partial charge in [0.15, 0.2) is 0 Å². The van der Waals surface area contributed by atoms with Crippen molar-refractivity contribution in [2.75, 3.05) is 12.4 Å². The number of methoxy groups -OCH3 is 1. The van der Waals surface area contributed by atoms with E-state index >= 15 is 0 Å². The van der Waals surface area contributed by atoms with Crippen molar-refractivity contribution in [2.24, 2.45) is 0 Å². The maximum atomic E-state index is 13.8. The van der Waals surface area contributed by atoms with Gasteiger partial charge in [-0.15, -0.1) is 0 Å². The van der Waals surface area contributed by atoms with Crippen LogP contribution in [0.2, 0.25) is 0 Å². The lowest BCUT2D eigenvalue weighted by Gasteiger charge is -2.42. The molecule has 1 aliphatic rings. The molecule has 1 aromatic carbocycles. The fraction of sp³-hybridized carbons (Fsp3) is 0.500. The number of hydrogen-bond donors (Lipinski definition) is 1. The van der Waals surface area contributed by atoms with Crippen LogP contribution in [0.3, 0.4) is 0 Å². The third-order valence-electron chi connectivity index (χ3n) is 4.07. The SMILES string of the molecule is CCC1(Nc2cc(C(=O)OC)c(F)cc2[N+](=O)[O-])CCC1. The summed E-state index contributed by atoms with van der Waals surface area (Å²) < 4.78 is 18.3. The van der Waals surface area contributed by atoms with Crippen LogP contribution >= 0.6 is 0 Å². The Morgan fingerprint density at radius 1 is 1.52 bits per heavy atom. The average molecular weight is 296 g/mol. The molecule has 0 radical (unpaired) electrons. The first-order valence-corrected chi connectivity index (χ1v) is 6.77. The number of nitrogens with one attached hydrogen (secondary N) is 1. The first kappa shape index (κ1) is 15.2. The van der Waals surface area contributed by atoms with Crippen molar-refractivity contribution < 1.29 is 18.8 Å². The van der Waals surface area contributed by atoms with Gasteiger partial charge in [0.2, 0.25) is 0 Å². The predicted molar refractivity (Wildman–Crippen MR) is 74.9 cm³/mol. The number of ether oxygens (including phenoxy) is 1. The van der Waals surface area contributed by atoms with Crippen molar-refractivity contribution in [3.05, 3.63) is 33.6 Å². The van der Waals surface area contributed by atoms with Crippen molar-refractivity contribution in [1.29, 1.82) is 0 Å². The van der Waals surface area contributed by atoms with Crippen molar-refractivity contribution in [1.82, 2.24) is 0 Å². The summed E-state index contributed by atoms with van der Waals surface area (Å²) in [6, 6.07) is 1.92. The summed E-state index contributed by atoms with van der Waals surface area (Å²) in [5.74, 6) is -1.82. The monoisotopic (exact) mass is 296 g/mol. The zero-order chi connectivity index (χ0) is 15.6. The molecular formula is C14H17FN2O4. The zero-order valence-corrected chi connectivity index (χ0v) is 11.9. The summed E-state index contributed by atoms with van der Waals surface area (Å²) in [6.45, 7) is 1.99. The van der Waals surface area contributed by atoms with Crippen LogP contribution in [0.4, 0.5) is 15.8 Å². The van der Waals surface area contributed by atoms with Gasteiger partial charge in [-0.3, -0.25) is 10.1 Å². The fourth-order valence-corrected chi connectivity index (χ4v) is 2.54. The normalized spacial score (nSPS) is 16.0. The van der Waals surface area contributed by atoms with E-state index in [4.69, 9.17) is 0 Å². The van der Waals surface area contributed by atoms with Gasteiger partial charge in [-0.05, 0) is 31.7 Å². The Hall–Kier alpha value is -2.18. The molecule has 2 rings (SSSR count). The van der Waals surface area contributed by atoms with Crippen LogP contribution < -0.4 is 5.32 Å². The number of rotatable bonds is 5. The molecule has 0 bridgehead atoms. The number of nitro groups is 1. The Morgan fingerprint density at radius 2 is 2.19 bits per heavy atom. The van der Waals surface area contributed by atoms with E-state index < -0.39 is 16.7 Å². The maximum Gasteiger partial charge on any atom is 0.340 e. The predicted octanol–water partition coefficient (Wildman–Crippen LogP) is 3.27. The van der Waals surface area contributed by atoms with Gasteiger partial charge in [0.1, 0.15) is 11.5 Å². The maximum absolute atomic E-state index is 13.8. The van der Waals surface area contributed by atoms with Gasteiger partial charge in [0.05, 0.1) is 23.7 Å². The smallest absolute Gasteiger partial charge is 0.340 e. The van der Waals surface area contributed by atoms with Crippen LogP contribution in [-0.4, -0.2) is 23.5 Å². The zero-order valence-electron chi connectivity index (χ0n) is 11.9. The van der Waals surface area contributed by atoms with Crippen molar-refractivity contribution >= 4 is 17.3 Å². The Balaban J connectivity index is 2.45. The standard InChI is InChI=1S/C14H17FN2O4/c1-3-14(5-4-6-14)16-11-7-9(13(18)21-2)10(15)8-12(11)17(19)20/h7-8,16H,3-6H2,1-2H3. The highest BCUT2D eigenvalue weighted by Crippen LogP contribution is 2.40. The highest BCUT2D eigenvalue weighted by Gasteiger charge is 2.37. The van der Waals surface area contributed by atoms with Crippen LogP contribution in [0.15, 0.2) is 12.1 Å². The lowest BCUT2D eigenvalue weighted by Crippen LogP contribution is -2.44. The number of carbonyl (C=O) groups is 1. The highest BCUT2D eigenvalue weighted by molar-refractivity contribution is 5.92. The second kappa shape index (κ2) is 5.67. The molecule has 0 unspecified atom stereocenters. The molecule has 0 atom stereocenters. The van der Waals surface area contributed by atoms with Crippen molar-refractivity contribution in [3.63, 3.8) is 0 Å². The van der Waals surface area contributed by atoms with E-state index in [0.717, 1.165) is 44.9 Å². The Labute approximate surface area is 121 Å². The molecule has 0 aliphatic heterocycles. The molecule has 1 aromatic rings. The molecule has 0 amide bonds. The number of hydrogen-bond acceptors (Lipinski definition) is 5. The molecule has 1 saturated carbocycles. The summed E-state index contributed by atoms with van der Waals surface area (Å²) in [5.41, 5.74) is -0.741. The first-order chi connectivity index (χ1) is 9.92. The third kappa shape index (κ3) is 2.81. The number of nitrogens with zero attached hydrogens (tertiary/aromatic N) is 1. The summed E-state index contributed by atoms with van der Waals surface area (Å²) in [7, 11) is 1.13. The Bertz CT molecular complexity index is 579. The largest absolute Gasteiger partial charge is 0.465 e. The van der Waals surface area contributed by atoms with Gasteiger partial charge in [-0.25, -0.2) is 9.18 Å². The molecule has 7 heteroatoms. The van der Waals surface area contributed by atoms with E-state index in [1.807, 2.05) is 6.92 Å². The van der Waals surface area contributed by atoms with Crippen LogP contribution in [0.1, 0.15) is 43.0 Å². The molecule has 0 saturated heterocycles. The topological polar surface area (TPSA) is 81.5 Å². The molecular weight excluding hydrogens is 279 g/mol. The van der Waals surface area contributed by atoms with E-state index in [1.165, 1.54) is 0 Å². The molecule has 1 N–H and O–H groups in total. The van der Waals surface area contributed by atoms with Gasteiger partial charge in [0.25, 0.3) is 5.69 Å². The third-order valence-corrected chi connectivity index (χ3v) is 4.07. The number of benzene rings is 1. The van der Waals surface area contributed by atoms with Crippen LogP contribution in [0.25, 0.3) is 0 Å². The van der Waals surface area contributed by atoms with E-state index in [9.17, 15) is 19.3 Å². The molecule has 114 valence electrons. The summed E-state index contributed by atoms with van der Waals surface area (Å²) in [5, 5.41) is 14.2. The van der Waals surface area contributed by atoms with E-state index in [1.54, 1.807) is 0 Å². The molecule has 1 fully saturated rings. The van der Waals surface area contributed by atoms with E-state index in [2.05, 4.69) is 10.1 Å². The number of anilines is 1. The van der Waals surface area contributed by atoms with Crippen molar-refractivity contribution in [2.45, 2.75) is 38.1 Å². The summed E-state index contributed by atoms with van der Waals surface area (Å²) >= 11 is 0. The Morgan fingerprint density at radius 3 is 2.62 bits per heavy atom. The van der Waals surface area contributed by atoms with Gasteiger partial charge in [-0.2, -0.15) is 0 Å². The minimum absolute atomic E-state index is 0.156. The van der Waals surface area contributed by atoms with Gasteiger partial charge < -0.3 is 10.1 Å². The second-order valence-electron chi connectivity index (χ2n) is 5.21. The van der Waals surface area contributed by atoms with Crippen LogP contribution in [-0.2, 0) is 4.74 Å². The number of carbonyl (C=O) groups excluding carboxylic acids is 1. The molecule has 0 spiro atoms. The quantitative estimate of drug-likeness (QED) is 0.512. The highest BCUT2D eigenvalue weighted by atomic mass is 19.1. The lowest BCUT2D eigenvalue weighted by molar-refractivity contribution is -0.384. The van der Waals surface area contributed by atoms with Crippen molar-refractivity contribution in [3.8, 4) is 0 Å². The van der Waals surface area contributed by atoms with Gasteiger partial charge >= 0.3 is 5.97 Å².